The Kier molecular flexibility index (Phi) is 5.03. The molecule has 0 aliphatic rings. The third-order valence-corrected chi connectivity index (χ3v) is 3.91. The van der Waals surface area contributed by atoms with Crippen molar-refractivity contribution in [3.63, 3.8) is 0 Å². The molecule has 1 N–H and O–H groups in total. The Morgan fingerprint density at radius 2 is 2.00 bits per heavy atom. The number of hydrogen-bond donors (Lipinski definition) is 1. The molecule has 0 aliphatic carbocycles. The zero-order valence-corrected chi connectivity index (χ0v) is 9.03. The van der Waals surface area contributed by atoms with Crippen LogP contribution in [-0.2, 0) is 4.57 Å². The van der Waals surface area contributed by atoms with Crippen molar-refractivity contribution in [1.29, 1.82) is 0 Å². The minimum absolute atomic E-state index is 0.153. The highest BCUT2D eigenvalue weighted by Crippen LogP contribution is 2.31. The van der Waals surface area contributed by atoms with Gasteiger partial charge in [-0.15, -0.1) is 0 Å². The first kappa shape index (κ1) is 11.2. The van der Waals surface area contributed by atoms with Crippen molar-refractivity contribution >= 4 is 7.80 Å². The van der Waals surface area contributed by atoms with Crippen LogP contribution in [0.1, 0.15) is 33.6 Å². The van der Waals surface area contributed by atoms with Gasteiger partial charge in [0.2, 0.25) is 0 Å². The Labute approximate surface area is 70.5 Å². The monoisotopic (exact) mass is 177 g/mol. The molecule has 0 spiro atoms. The fourth-order valence-electron chi connectivity index (χ4n) is 0.702. The van der Waals surface area contributed by atoms with Crippen molar-refractivity contribution < 1.29 is 4.57 Å². The molecule has 0 aromatic heterocycles. The lowest BCUT2D eigenvalue weighted by atomic mass is 10.3. The van der Waals surface area contributed by atoms with Crippen LogP contribution >= 0.6 is 7.80 Å². The summed E-state index contributed by atoms with van der Waals surface area (Å²) < 4.78 is 11.2. The van der Waals surface area contributed by atoms with Gasteiger partial charge in [0, 0.05) is 0 Å². The molecule has 3 heteroatoms. The van der Waals surface area contributed by atoms with Crippen molar-refractivity contribution in [2.75, 3.05) is 13.2 Å². The Bertz CT molecular complexity index is 134. The molecular formula is C8H20NOP. The van der Waals surface area contributed by atoms with Gasteiger partial charge in [-0.3, -0.25) is 0 Å². The van der Waals surface area contributed by atoms with Crippen molar-refractivity contribution in [3.05, 3.63) is 0 Å². The second kappa shape index (κ2) is 4.95. The van der Waals surface area contributed by atoms with E-state index in [1.807, 2.05) is 20.5 Å². The summed E-state index contributed by atoms with van der Waals surface area (Å²) in [5, 5.41) is 3.14. The standard InChI is InChI=1S/C8H20NOP/c1-5-6-7-9-8(2,3)11(4)10/h9,11H,5-7H2,1-4H3. The topological polar surface area (TPSA) is 29.1 Å². The van der Waals surface area contributed by atoms with Crippen LogP contribution in [0.15, 0.2) is 0 Å². The maximum absolute atomic E-state index is 11.2. The lowest BCUT2D eigenvalue weighted by Gasteiger charge is -2.23. The molecule has 1 atom stereocenters. The van der Waals surface area contributed by atoms with Crippen LogP contribution in [0.2, 0.25) is 0 Å². The van der Waals surface area contributed by atoms with Crippen LogP contribution in [0.5, 0.6) is 0 Å². The first-order valence-electron chi connectivity index (χ1n) is 4.26. The average molecular weight is 177 g/mol. The second-order valence-electron chi connectivity index (χ2n) is 3.46. The molecule has 0 heterocycles. The first-order chi connectivity index (χ1) is 5.00. The third kappa shape index (κ3) is 4.60. The van der Waals surface area contributed by atoms with Gasteiger partial charge in [0.15, 0.2) is 0 Å². The molecule has 0 rings (SSSR count). The Balaban J connectivity index is 3.64. The van der Waals surface area contributed by atoms with Crippen LogP contribution in [0.3, 0.4) is 0 Å². The summed E-state index contributed by atoms with van der Waals surface area (Å²) in [6, 6.07) is 0. The molecule has 0 aliphatic heterocycles. The highest BCUT2D eigenvalue weighted by Gasteiger charge is 2.19. The Morgan fingerprint density at radius 1 is 1.45 bits per heavy atom. The summed E-state index contributed by atoms with van der Waals surface area (Å²) in [5.74, 6) is 0. The summed E-state index contributed by atoms with van der Waals surface area (Å²) in [6.07, 6.45) is 2.35. The minimum atomic E-state index is -1.45. The average Bonchev–Trinajstić information content (AvgIpc) is 1.88. The molecule has 0 saturated carbocycles. The predicted octanol–water partition coefficient (Wildman–Crippen LogP) is 2.30. The van der Waals surface area contributed by atoms with Crippen molar-refractivity contribution in [2.24, 2.45) is 0 Å². The number of rotatable bonds is 5. The maximum Gasteiger partial charge on any atom is 0.0917 e. The summed E-state index contributed by atoms with van der Waals surface area (Å²) in [5.41, 5.74) is 0. The smallest absolute Gasteiger partial charge is 0.0917 e. The highest BCUT2D eigenvalue weighted by atomic mass is 31.1. The van der Waals surface area contributed by atoms with Crippen molar-refractivity contribution in [1.82, 2.24) is 5.32 Å². The first-order valence-corrected chi connectivity index (χ1v) is 6.17. The van der Waals surface area contributed by atoms with Crippen molar-refractivity contribution in [2.45, 2.75) is 38.9 Å². The Morgan fingerprint density at radius 3 is 2.36 bits per heavy atom. The van der Waals surface area contributed by atoms with Gasteiger partial charge in [-0.25, -0.2) is 0 Å². The lowest BCUT2D eigenvalue weighted by molar-refractivity contribution is 0.487. The van der Waals surface area contributed by atoms with E-state index in [0.29, 0.717) is 0 Å². The Hall–Kier alpha value is 0.190. The van der Waals surface area contributed by atoms with Gasteiger partial charge in [0.05, 0.1) is 13.1 Å². The van der Waals surface area contributed by atoms with E-state index in [4.69, 9.17) is 0 Å². The van der Waals surface area contributed by atoms with Gasteiger partial charge in [0.25, 0.3) is 0 Å². The van der Waals surface area contributed by atoms with E-state index in [0.717, 1.165) is 6.54 Å². The molecule has 0 saturated heterocycles. The SMILES string of the molecule is CCCCNC(C)(C)[PH](C)=O. The molecule has 0 aromatic carbocycles. The molecule has 0 amide bonds. The number of nitrogens with one attached hydrogen (secondary N) is 1. The summed E-state index contributed by atoms with van der Waals surface area (Å²) in [7, 11) is -1.45. The fraction of sp³-hybridized carbons (Fsp3) is 1.00. The summed E-state index contributed by atoms with van der Waals surface area (Å²) in [6.45, 7) is 8.95. The molecule has 0 radical (unpaired) electrons. The van der Waals surface area contributed by atoms with Gasteiger partial charge < -0.3 is 9.88 Å². The maximum atomic E-state index is 11.2. The van der Waals surface area contributed by atoms with Crippen LogP contribution in [0.25, 0.3) is 0 Å². The van der Waals surface area contributed by atoms with Gasteiger partial charge in [-0.2, -0.15) is 0 Å². The van der Waals surface area contributed by atoms with Gasteiger partial charge in [0.1, 0.15) is 0 Å². The zero-order valence-electron chi connectivity index (χ0n) is 8.03. The van der Waals surface area contributed by atoms with E-state index in [1.165, 1.54) is 12.8 Å². The lowest BCUT2D eigenvalue weighted by Crippen LogP contribution is -2.36. The molecule has 0 fully saturated rings. The predicted molar refractivity (Wildman–Crippen MR) is 51.9 cm³/mol. The van der Waals surface area contributed by atoms with Crippen molar-refractivity contribution in [3.8, 4) is 0 Å². The van der Waals surface area contributed by atoms with Gasteiger partial charge in [-0.1, -0.05) is 13.3 Å². The molecule has 68 valence electrons. The van der Waals surface area contributed by atoms with Crippen LogP contribution in [-0.4, -0.2) is 18.5 Å². The second-order valence-corrected chi connectivity index (χ2v) is 5.82. The van der Waals surface area contributed by atoms with Crippen LogP contribution < -0.4 is 5.32 Å². The normalized spacial score (nSPS) is 14.9. The van der Waals surface area contributed by atoms with E-state index >= 15 is 0 Å². The fourth-order valence-corrected chi connectivity index (χ4v) is 1.08. The quantitative estimate of drug-likeness (QED) is 0.515. The van der Waals surface area contributed by atoms with Gasteiger partial charge in [-0.05, 0) is 33.5 Å². The van der Waals surface area contributed by atoms with E-state index in [9.17, 15) is 4.57 Å². The van der Waals surface area contributed by atoms with Crippen LogP contribution in [0, 0.1) is 0 Å². The molecule has 2 nitrogen and oxygen atoms in total. The van der Waals surface area contributed by atoms with E-state index in [1.54, 1.807) is 0 Å². The third-order valence-electron chi connectivity index (χ3n) is 1.98. The molecule has 0 bridgehead atoms. The zero-order chi connectivity index (χ0) is 8.91. The largest absolute Gasteiger partial charge is 0.325 e. The number of unbranched alkanes of at least 4 members (excludes halogenated alkanes) is 1. The van der Waals surface area contributed by atoms with E-state index in [-0.39, 0.29) is 5.28 Å². The summed E-state index contributed by atoms with van der Waals surface area (Å²) >= 11 is 0. The molecule has 1 unspecified atom stereocenters. The molecular weight excluding hydrogens is 157 g/mol. The van der Waals surface area contributed by atoms with Gasteiger partial charge >= 0.3 is 0 Å². The van der Waals surface area contributed by atoms with Crippen LogP contribution in [0.4, 0.5) is 0 Å². The summed E-state index contributed by atoms with van der Waals surface area (Å²) in [4.78, 5) is 0. The minimum Gasteiger partial charge on any atom is -0.325 e. The van der Waals surface area contributed by atoms with E-state index in [2.05, 4.69) is 12.2 Å². The highest BCUT2D eigenvalue weighted by molar-refractivity contribution is 7.45. The van der Waals surface area contributed by atoms with E-state index < -0.39 is 7.80 Å². The molecule has 0 aromatic rings. The number of hydrogen-bond acceptors (Lipinski definition) is 2. The molecule has 11 heavy (non-hydrogen) atoms.